The van der Waals surface area contributed by atoms with Gasteiger partial charge in [0.2, 0.25) is 5.91 Å². The van der Waals surface area contributed by atoms with Crippen LogP contribution in [0.2, 0.25) is 0 Å². The zero-order valence-electron chi connectivity index (χ0n) is 12.2. The second kappa shape index (κ2) is 5.20. The van der Waals surface area contributed by atoms with Gasteiger partial charge in [-0.15, -0.1) is 0 Å². The van der Waals surface area contributed by atoms with Gasteiger partial charge in [0, 0.05) is 10.2 Å². The number of rotatable bonds is 2. The highest BCUT2D eigenvalue weighted by Crippen LogP contribution is 2.30. The Kier molecular flexibility index (Phi) is 3.91. The molecule has 1 aliphatic heterocycles. The van der Waals surface area contributed by atoms with Gasteiger partial charge in [-0.25, -0.2) is 0 Å². The van der Waals surface area contributed by atoms with Crippen molar-refractivity contribution in [2.45, 2.75) is 45.7 Å². The topological polar surface area (TPSA) is 49.4 Å². The van der Waals surface area contributed by atoms with Gasteiger partial charge < -0.3 is 5.32 Å². The molecule has 1 N–H and O–H groups in total. The molecule has 2 rings (SSSR count). The lowest BCUT2D eigenvalue weighted by atomic mass is 9.94. The fourth-order valence-electron chi connectivity index (χ4n) is 2.54. The Morgan fingerprint density at radius 3 is 2.55 bits per heavy atom. The van der Waals surface area contributed by atoms with Crippen LogP contribution in [-0.4, -0.2) is 23.4 Å². The molecular weight excluding hydrogens is 320 g/mol. The van der Waals surface area contributed by atoms with E-state index in [4.69, 9.17) is 0 Å². The van der Waals surface area contributed by atoms with Crippen molar-refractivity contribution < 1.29 is 9.59 Å². The average Bonchev–Trinajstić information content (AvgIpc) is 2.34. The van der Waals surface area contributed by atoms with Crippen molar-refractivity contribution in [3.8, 4) is 0 Å². The summed E-state index contributed by atoms with van der Waals surface area (Å²) in [5, 5.41) is 2.80. The van der Waals surface area contributed by atoms with Gasteiger partial charge in [0.05, 0.1) is 0 Å². The first kappa shape index (κ1) is 15.0. The molecule has 0 saturated carbocycles. The van der Waals surface area contributed by atoms with Crippen LogP contribution in [0, 0.1) is 6.92 Å². The quantitative estimate of drug-likeness (QED) is 0.901. The van der Waals surface area contributed by atoms with Crippen molar-refractivity contribution in [3.63, 3.8) is 0 Å². The number of aryl methyl sites for hydroxylation is 1. The van der Waals surface area contributed by atoms with Crippen molar-refractivity contribution in [3.05, 3.63) is 28.2 Å². The van der Waals surface area contributed by atoms with E-state index in [1.165, 1.54) is 0 Å². The Morgan fingerprint density at radius 2 is 2.00 bits per heavy atom. The predicted molar refractivity (Wildman–Crippen MR) is 82.7 cm³/mol. The SMILES string of the molecule is CCC1C(=O)NC(C)(C)C(=O)N1c1ccc(Br)cc1C. The Labute approximate surface area is 127 Å². The molecule has 1 fully saturated rings. The van der Waals surface area contributed by atoms with Crippen LogP contribution in [-0.2, 0) is 9.59 Å². The molecule has 0 aromatic heterocycles. The molecule has 1 aliphatic rings. The first-order chi connectivity index (χ1) is 9.27. The highest BCUT2D eigenvalue weighted by Gasteiger charge is 2.45. The van der Waals surface area contributed by atoms with E-state index in [-0.39, 0.29) is 11.8 Å². The molecule has 1 aromatic carbocycles. The van der Waals surface area contributed by atoms with E-state index in [1.807, 2.05) is 32.0 Å². The van der Waals surface area contributed by atoms with Gasteiger partial charge in [-0.05, 0) is 51.0 Å². The fourth-order valence-corrected chi connectivity index (χ4v) is 3.01. The minimum atomic E-state index is -0.873. The number of carbonyl (C=O) groups excluding carboxylic acids is 2. The molecule has 4 nitrogen and oxygen atoms in total. The summed E-state index contributed by atoms with van der Waals surface area (Å²) in [4.78, 5) is 26.6. The maximum absolute atomic E-state index is 12.7. The number of carbonyl (C=O) groups is 2. The van der Waals surface area contributed by atoms with Crippen LogP contribution < -0.4 is 10.2 Å². The zero-order chi connectivity index (χ0) is 15.1. The number of amides is 2. The highest BCUT2D eigenvalue weighted by atomic mass is 79.9. The number of hydrogen-bond donors (Lipinski definition) is 1. The molecule has 5 heteroatoms. The summed E-state index contributed by atoms with van der Waals surface area (Å²) in [6, 6.07) is 5.28. The maximum Gasteiger partial charge on any atom is 0.252 e. The first-order valence-electron chi connectivity index (χ1n) is 6.69. The van der Waals surface area contributed by atoms with Crippen molar-refractivity contribution in [2.24, 2.45) is 0 Å². The first-order valence-corrected chi connectivity index (χ1v) is 7.49. The van der Waals surface area contributed by atoms with E-state index in [9.17, 15) is 9.59 Å². The molecule has 1 unspecified atom stereocenters. The molecule has 1 heterocycles. The lowest BCUT2D eigenvalue weighted by Gasteiger charge is -2.43. The van der Waals surface area contributed by atoms with Gasteiger partial charge in [-0.1, -0.05) is 22.9 Å². The molecular formula is C15H19BrN2O2. The van der Waals surface area contributed by atoms with Gasteiger partial charge in [0.1, 0.15) is 11.6 Å². The Balaban J connectivity index is 2.54. The monoisotopic (exact) mass is 338 g/mol. The number of nitrogens with zero attached hydrogens (tertiary/aromatic N) is 1. The van der Waals surface area contributed by atoms with Gasteiger partial charge in [0.25, 0.3) is 5.91 Å². The minimum absolute atomic E-state index is 0.0747. The van der Waals surface area contributed by atoms with Crippen LogP contribution in [0.5, 0.6) is 0 Å². The normalized spacial score (nSPS) is 21.9. The maximum atomic E-state index is 12.7. The second-order valence-corrected chi connectivity index (χ2v) is 6.56. The number of piperazine rings is 1. The Morgan fingerprint density at radius 1 is 1.35 bits per heavy atom. The number of halogens is 1. The zero-order valence-corrected chi connectivity index (χ0v) is 13.7. The van der Waals surface area contributed by atoms with Gasteiger partial charge >= 0.3 is 0 Å². The third kappa shape index (κ3) is 2.46. The number of hydrogen-bond acceptors (Lipinski definition) is 2. The molecule has 20 heavy (non-hydrogen) atoms. The van der Waals surface area contributed by atoms with Crippen LogP contribution >= 0.6 is 15.9 Å². The van der Waals surface area contributed by atoms with Gasteiger partial charge in [0.15, 0.2) is 0 Å². The van der Waals surface area contributed by atoms with Crippen molar-refractivity contribution in [1.82, 2.24) is 5.32 Å². The van der Waals surface area contributed by atoms with Crippen LogP contribution in [0.3, 0.4) is 0 Å². The minimum Gasteiger partial charge on any atom is -0.340 e. The molecule has 0 bridgehead atoms. The van der Waals surface area contributed by atoms with E-state index >= 15 is 0 Å². The predicted octanol–water partition coefficient (Wildman–Crippen LogP) is 2.78. The largest absolute Gasteiger partial charge is 0.340 e. The smallest absolute Gasteiger partial charge is 0.252 e. The lowest BCUT2D eigenvalue weighted by Crippen LogP contribution is -2.68. The van der Waals surface area contributed by atoms with E-state index in [0.29, 0.717) is 6.42 Å². The fraction of sp³-hybridized carbons (Fsp3) is 0.467. The third-order valence-electron chi connectivity index (χ3n) is 3.61. The molecule has 0 aliphatic carbocycles. The van der Waals surface area contributed by atoms with Crippen LogP contribution in [0.25, 0.3) is 0 Å². The van der Waals surface area contributed by atoms with Gasteiger partial charge in [-0.3, -0.25) is 14.5 Å². The van der Waals surface area contributed by atoms with E-state index in [2.05, 4.69) is 21.2 Å². The highest BCUT2D eigenvalue weighted by molar-refractivity contribution is 9.10. The lowest BCUT2D eigenvalue weighted by molar-refractivity contribution is -0.137. The van der Waals surface area contributed by atoms with Gasteiger partial charge in [-0.2, -0.15) is 0 Å². The summed E-state index contributed by atoms with van der Waals surface area (Å²) < 4.78 is 0.958. The molecule has 1 aromatic rings. The second-order valence-electron chi connectivity index (χ2n) is 5.64. The summed E-state index contributed by atoms with van der Waals surface area (Å²) in [6.07, 6.45) is 0.586. The molecule has 0 spiro atoms. The molecule has 108 valence electrons. The van der Waals surface area contributed by atoms with E-state index in [1.54, 1.807) is 18.7 Å². The summed E-state index contributed by atoms with van der Waals surface area (Å²) in [5.74, 6) is -0.172. The summed E-state index contributed by atoms with van der Waals surface area (Å²) in [6.45, 7) is 7.33. The molecule has 2 amide bonds. The number of nitrogens with one attached hydrogen (secondary N) is 1. The standard InChI is InChI=1S/C15H19BrN2O2/c1-5-11-13(19)17-15(3,4)14(20)18(11)12-7-6-10(16)8-9(12)2/h6-8,11H,5H2,1-4H3,(H,17,19). The summed E-state index contributed by atoms with van der Waals surface area (Å²) >= 11 is 3.42. The van der Waals surface area contributed by atoms with Crippen LogP contribution in [0.1, 0.15) is 32.8 Å². The van der Waals surface area contributed by atoms with Crippen molar-refractivity contribution in [2.75, 3.05) is 4.90 Å². The molecule has 1 saturated heterocycles. The van der Waals surface area contributed by atoms with Crippen LogP contribution in [0.4, 0.5) is 5.69 Å². The average molecular weight is 339 g/mol. The molecule has 0 radical (unpaired) electrons. The van der Waals surface area contributed by atoms with Crippen molar-refractivity contribution >= 4 is 33.4 Å². The third-order valence-corrected chi connectivity index (χ3v) is 4.10. The number of benzene rings is 1. The summed E-state index contributed by atoms with van der Waals surface area (Å²) in [7, 11) is 0. The van der Waals surface area contributed by atoms with E-state index < -0.39 is 11.6 Å². The van der Waals surface area contributed by atoms with Crippen LogP contribution in [0.15, 0.2) is 22.7 Å². The van der Waals surface area contributed by atoms with Crippen molar-refractivity contribution in [1.29, 1.82) is 0 Å². The number of anilines is 1. The Bertz CT molecular complexity index is 569. The molecule has 1 atom stereocenters. The summed E-state index contributed by atoms with van der Waals surface area (Å²) in [5.41, 5.74) is 0.895. The van der Waals surface area contributed by atoms with E-state index in [0.717, 1.165) is 15.7 Å². The Hall–Kier alpha value is -1.36.